The number of aliphatic hydroxyl groups excluding tert-OH is 1. The molecule has 15 N–H and O–H groups in total. The van der Waals surface area contributed by atoms with E-state index in [1.54, 1.807) is 17.0 Å². The molecule has 704 valence electrons. The second kappa shape index (κ2) is 42.9. The molecule has 0 bridgehead atoms. The highest BCUT2D eigenvalue weighted by atomic mass is 33.1. The van der Waals surface area contributed by atoms with Gasteiger partial charge in [-0.2, -0.15) is 4.98 Å². The molecule has 131 heavy (non-hydrogen) atoms. The van der Waals surface area contributed by atoms with Gasteiger partial charge in [-0.1, -0.05) is 98.3 Å². The van der Waals surface area contributed by atoms with Crippen molar-refractivity contribution < 1.29 is 112 Å². The fraction of sp³-hybridized carbons (Fsp3) is 0.538. The van der Waals surface area contributed by atoms with Crippen LogP contribution in [-0.4, -0.2) is 278 Å². The summed E-state index contributed by atoms with van der Waals surface area (Å²) in [6.07, 6.45) is 2.62. The van der Waals surface area contributed by atoms with Crippen LogP contribution in [0.1, 0.15) is 147 Å². The number of H-pyrrole nitrogens is 2. The lowest BCUT2D eigenvalue weighted by Crippen LogP contribution is -2.78. The van der Waals surface area contributed by atoms with E-state index in [-0.39, 0.29) is 84.2 Å². The van der Waals surface area contributed by atoms with Crippen LogP contribution in [-0.2, 0) is 104 Å². The lowest BCUT2D eigenvalue weighted by atomic mass is 9.46. The zero-order valence-electron chi connectivity index (χ0n) is 73.7. The number of aromatic amines is 2. The number of carboxylic acid groups (broad SMARTS) is 5. The van der Waals surface area contributed by atoms with Crippen molar-refractivity contribution in [1.82, 2.24) is 66.0 Å². The number of ketones is 4. The first-order chi connectivity index (χ1) is 62.3. The first-order valence-corrected chi connectivity index (χ1v) is 46.3. The molecule has 6 aromatic rings. The van der Waals surface area contributed by atoms with E-state index in [1.807, 2.05) is 43.0 Å². The minimum Gasteiger partial charge on any atom is -0.481 e. The van der Waals surface area contributed by atoms with Gasteiger partial charge in [-0.3, -0.25) is 87.4 Å². The molecule has 12 rings (SSSR count). The number of benzene rings is 3. The molecule has 3 saturated heterocycles. The molecule has 2 aliphatic carbocycles. The van der Waals surface area contributed by atoms with Crippen LogP contribution in [0.15, 0.2) is 90.0 Å². The van der Waals surface area contributed by atoms with Crippen LogP contribution < -0.4 is 32.8 Å². The smallest absolute Gasteiger partial charge is 0.439 e. The Bertz CT molecular complexity index is 5430. The number of rotatable bonds is 45. The van der Waals surface area contributed by atoms with Gasteiger partial charge in [0.2, 0.25) is 17.8 Å². The number of piperazine rings is 1. The summed E-state index contributed by atoms with van der Waals surface area (Å²) in [7, 11) is 2.10. The predicted octanol–water partition coefficient (Wildman–Crippen LogP) is 4.61. The largest absolute Gasteiger partial charge is 0.481 e. The molecule has 40 heteroatoms. The number of aryl methyl sites for hydroxylation is 3. The van der Waals surface area contributed by atoms with E-state index in [9.17, 15) is 108 Å². The summed E-state index contributed by atoms with van der Waals surface area (Å²) in [6, 6.07) is 16.8. The normalized spacial score (nSPS) is 22.5. The van der Waals surface area contributed by atoms with Crippen molar-refractivity contribution in [2.75, 3.05) is 97.1 Å². The zero-order valence-corrected chi connectivity index (χ0v) is 75.3. The molecule has 1 saturated carbocycles. The van der Waals surface area contributed by atoms with E-state index in [0.717, 1.165) is 59.3 Å². The lowest BCUT2D eigenvalue weighted by Gasteiger charge is -2.63. The summed E-state index contributed by atoms with van der Waals surface area (Å²) in [5.41, 5.74) is 12.4. The number of piperidine rings is 1. The Labute approximate surface area is 762 Å². The number of fused-ring (bicyclic) bond motifs is 3. The average Bonchev–Trinajstić information content (AvgIpc) is 1.49. The number of carboxylic acids is 5. The first-order valence-electron chi connectivity index (χ1n) is 44.0. The van der Waals surface area contributed by atoms with Gasteiger partial charge in [-0.05, 0) is 122 Å². The van der Waals surface area contributed by atoms with Crippen LogP contribution >= 0.6 is 21.9 Å². The van der Waals surface area contributed by atoms with Crippen molar-refractivity contribution in [1.29, 1.82) is 0 Å². The number of hydrazine groups is 1. The van der Waals surface area contributed by atoms with Crippen LogP contribution in [0.3, 0.4) is 0 Å². The number of methoxy groups -OCH3 is 1. The number of nitrogens with zero attached hydrogens (tertiary/aromatic N) is 7. The molecule has 6 aliphatic rings. The zero-order chi connectivity index (χ0) is 94.6. The number of aliphatic carboxylic acids is 5. The topological polar surface area (TPSA) is 573 Å². The van der Waals surface area contributed by atoms with Gasteiger partial charge < -0.3 is 70.9 Å². The van der Waals surface area contributed by atoms with Gasteiger partial charge in [0.15, 0.2) is 22.5 Å². The summed E-state index contributed by atoms with van der Waals surface area (Å²) >= 11 is 0.384. The fourth-order valence-corrected chi connectivity index (χ4v) is 22.2. The number of carbonyl (C=O) groups is 14. The maximum absolute atomic E-state index is 14.9. The van der Waals surface area contributed by atoms with Gasteiger partial charge in [0, 0.05) is 162 Å². The Hall–Kier alpha value is -11.4. The highest BCUT2D eigenvalue weighted by Crippen LogP contribution is 2.67. The number of likely N-dealkylation sites (tertiary alicyclic amines) is 1. The number of anilines is 1. The third-order valence-corrected chi connectivity index (χ3v) is 28.8. The van der Waals surface area contributed by atoms with Crippen molar-refractivity contribution in [3.63, 3.8) is 0 Å². The Morgan fingerprint density at radius 2 is 1.40 bits per heavy atom. The van der Waals surface area contributed by atoms with Crippen molar-refractivity contribution in [2.24, 2.45) is 52.3 Å². The molecule has 3 aromatic heterocycles. The monoisotopic (exact) mass is 1850 g/mol. The Kier molecular flexibility index (Phi) is 32.3. The molecule has 4 amide bonds. The molecule has 38 nitrogen and oxygen atoms in total. The third kappa shape index (κ3) is 23.4. The van der Waals surface area contributed by atoms with E-state index < -0.39 is 198 Å². The predicted molar refractivity (Wildman–Crippen MR) is 477 cm³/mol. The van der Waals surface area contributed by atoms with Gasteiger partial charge in [-0.15, -0.1) is 0 Å². The Balaban J connectivity index is 0.547. The SMILES string of the molecule is CC[C@]12C=CCN3CCC4(c5cc(C[C@H](C(=O)OC)C6CN(CCc7c[nH]c8ccccc78)CC(C)(C)C6)c(C)cc5CC4[C@@](O)(C(=O)NNC(=O)OSSC[C@H](CC(=O)C[C@H](CC(=O)C[C@H](CC(=O)CN4CCN(CCNC(=O)C[C@H](NC(=O)CC[C@H](CC(=O)c5ccc(CCc6cnc7nc(N)[nH]c(=O)c7n6)cc5)C(=O)O)C(=O)O)CC4)C(=O)O)C(=O)O)C(=O)O)[C@@H]1O)C32. The quantitative estimate of drug-likeness (QED) is 0.00472. The molecule has 0 radical (unpaired) electrons. The van der Waals surface area contributed by atoms with Crippen LogP contribution in [0.25, 0.3) is 22.1 Å². The van der Waals surface area contributed by atoms with Gasteiger partial charge in [0.05, 0.1) is 61.6 Å². The highest BCUT2D eigenvalue weighted by Gasteiger charge is 2.77. The van der Waals surface area contributed by atoms with Gasteiger partial charge >= 0.3 is 41.9 Å². The Morgan fingerprint density at radius 3 is 2.08 bits per heavy atom. The maximum atomic E-state index is 14.9. The number of nitrogens with two attached hydrogens (primary N) is 1. The van der Waals surface area contributed by atoms with Gasteiger partial charge in [0.1, 0.15) is 40.6 Å². The van der Waals surface area contributed by atoms with E-state index in [0.29, 0.717) is 105 Å². The van der Waals surface area contributed by atoms with Crippen molar-refractivity contribution in [3.8, 4) is 0 Å². The van der Waals surface area contributed by atoms with Crippen molar-refractivity contribution in [3.05, 3.63) is 140 Å². The van der Waals surface area contributed by atoms with Gasteiger partial charge in [-0.25, -0.2) is 25.0 Å². The number of esters is 1. The van der Waals surface area contributed by atoms with Crippen LogP contribution in [0.5, 0.6) is 0 Å². The second-order valence-electron chi connectivity index (χ2n) is 36.3. The van der Waals surface area contributed by atoms with E-state index in [2.05, 4.69) is 101 Å². The van der Waals surface area contributed by atoms with Crippen LogP contribution in [0, 0.1) is 59.2 Å². The second-order valence-corrected chi connectivity index (χ2v) is 38.3. The third-order valence-electron chi connectivity index (χ3n) is 27.0. The molecule has 3 aromatic carbocycles. The first kappa shape index (κ1) is 98.6. The number of aromatic nitrogens is 5. The van der Waals surface area contributed by atoms with Crippen LogP contribution in [0.4, 0.5) is 10.7 Å². The number of nitrogen functional groups attached to an aromatic ring is 1. The van der Waals surface area contributed by atoms with Gasteiger partial charge in [0.25, 0.3) is 11.5 Å². The number of Topliss-reactive ketones (excluding diaryl/α,β-unsaturated/α-hetero) is 4. The van der Waals surface area contributed by atoms with Crippen molar-refractivity contribution >= 4 is 133 Å². The number of ether oxygens (including phenoxy) is 1. The summed E-state index contributed by atoms with van der Waals surface area (Å²) in [4.78, 5) is 222. The number of amides is 4. The standard InChI is InChI=1S/C91H114N14O24S2/c1-6-89-21-9-24-105-26-22-90(83(89)105)67-39-55(38-66(82(123)128-5)60-43-88(3,4)49-104(46-60)25-20-54-44-94-68-11-8-7-10-65(54)68)50(2)32-56(67)41-71(90)91(127,84(89)124)85(125)100-101-87(126)129-131-130-48-59(80(119)120)37-63(107)34-57(78(115)116)33-62(106)35-58(79(117)118)36-64(108)47-103-30-28-102(29-31-103)27-23-93-73(111)42-69(81(121)122)97-72(110)19-17-53(77(113)114)40-70(109)52-15-12-51(13-16-52)14-18-61-45-95-75-74(96-61)76(112)99-86(92)98-75/h7-13,15-16,21,32,39,44-45,53,57-60,66,69,71,83-84,94,124,127H,6,14,17-20,22-31,33-38,40-43,46-49H2,1-5H3,(H,93,111)(H,97,110)(H,100,125)(H,101,126)(H,113,114)(H,115,116)(H,117,118)(H,119,120)(H,121,122)(H3,92,95,98,99,112)/t53-,57+,58-,59+,60?,66+,69+,71?,83?,84-,89-,90?,91+/m1/s1. The fourth-order valence-electron chi connectivity index (χ4n) is 20.6. The summed E-state index contributed by atoms with van der Waals surface area (Å²) in [5, 5.41) is 82.2. The molecule has 4 unspecified atom stereocenters. The maximum Gasteiger partial charge on any atom is 0.439 e. The van der Waals surface area contributed by atoms with E-state index in [1.165, 1.54) is 36.4 Å². The summed E-state index contributed by atoms with van der Waals surface area (Å²) in [6.45, 7) is 13.4. The molecule has 7 heterocycles. The average molecular weight is 1850 g/mol. The number of hydrogen-bond acceptors (Lipinski definition) is 29. The highest BCUT2D eigenvalue weighted by molar-refractivity contribution is 8.75. The number of carbonyl (C=O) groups excluding carboxylic acids is 9. The molecule has 4 aliphatic heterocycles. The minimum atomic E-state index is -2.53. The molecule has 4 fully saturated rings. The number of nitrogens with one attached hydrogen (secondary N) is 6. The molecular formula is C91H114N14O24S2. The minimum absolute atomic E-state index is 0.0297. The Morgan fingerprint density at radius 1 is 0.733 bits per heavy atom. The lowest BCUT2D eigenvalue weighted by molar-refractivity contribution is -0.219. The number of hydrogen-bond donors (Lipinski definition) is 14. The number of para-hydroxylation sites is 1. The molecular weight excluding hydrogens is 1740 g/mol. The summed E-state index contributed by atoms with van der Waals surface area (Å²) in [5.74, 6) is -21.3. The molecule has 1 spiro atoms. The number of aliphatic hydroxyl groups is 2. The van der Waals surface area contributed by atoms with Crippen molar-refractivity contribution in [2.45, 2.75) is 166 Å². The molecule has 13 atom stereocenters. The van der Waals surface area contributed by atoms with E-state index >= 15 is 0 Å². The summed E-state index contributed by atoms with van der Waals surface area (Å²) < 4.78 is 10.8. The van der Waals surface area contributed by atoms with Crippen LogP contribution in [0.2, 0.25) is 0 Å². The van der Waals surface area contributed by atoms with E-state index in [4.69, 9.17) is 14.7 Å².